The molecule has 1 fully saturated rings. The van der Waals surface area contributed by atoms with E-state index in [-0.39, 0.29) is 19.5 Å². The Morgan fingerprint density at radius 1 is 1.54 bits per heavy atom. The van der Waals surface area contributed by atoms with E-state index in [4.69, 9.17) is 9.29 Å². The first-order valence-corrected chi connectivity index (χ1v) is 5.28. The standard InChI is InChI=1S/C6H13NO5S/c1-12-6-4-7(13(9,10)11)3-2-5(6)8/h5-6,8H,2-4H2,1H3,(H,9,10,11)/t5-,6-/m0/s1. The second kappa shape index (κ2) is 3.89. The van der Waals surface area contributed by atoms with Gasteiger partial charge in [0.25, 0.3) is 0 Å². The highest BCUT2D eigenvalue weighted by Gasteiger charge is 2.32. The third-order valence-electron chi connectivity index (χ3n) is 2.12. The number of rotatable bonds is 2. The second-order valence-corrected chi connectivity index (χ2v) is 4.38. The third-order valence-corrected chi connectivity index (χ3v) is 3.10. The number of piperidine rings is 1. The van der Waals surface area contributed by atoms with E-state index < -0.39 is 22.5 Å². The van der Waals surface area contributed by atoms with Crippen LogP contribution in [0.4, 0.5) is 0 Å². The predicted octanol–water partition coefficient (Wildman–Crippen LogP) is -1.13. The molecule has 78 valence electrons. The van der Waals surface area contributed by atoms with Gasteiger partial charge in [-0.2, -0.15) is 12.7 Å². The van der Waals surface area contributed by atoms with Crippen LogP contribution in [0.5, 0.6) is 0 Å². The van der Waals surface area contributed by atoms with E-state index in [1.165, 1.54) is 7.11 Å². The normalized spacial score (nSPS) is 31.9. The zero-order valence-electron chi connectivity index (χ0n) is 7.25. The number of ether oxygens (including phenoxy) is 1. The van der Waals surface area contributed by atoms with Crippen LogP contribution in [0.25, 0.3) is 0 Å². The molecule has 1 aliphatic rings. The van der Waals surface area contributed by atoms with Gasteiger partial charge in [-0.05, 0) is 6.42 Å². The average molecular weight is 211 g/mol. The van der Waals surface area contributed by atoms with Crippen LogP contribution in [0.2, 0.25) is 0 Å². The lowest BCUT2D eigenvalue weighted by Gasteiger charge is -2.32. The van der Waals surface area contributed by atoms with Gasteiger partial charge in [0.15, 0.2) is 0 Å². The first kappa shape index (κ1) is 10.9. The molecule has 2 N–H and O–H groups in total. The lowest BCUT2D eigenvalue weighted by Crippen LogP contribution is -2.49. The molecule has 7 heteroatoms. The van der Waals surface area contributed by atoms with Gasteiger partial charge in [-0.25, -0.2) is 0 Å². The van der Waals surface area contributed by atoms with Gasteiger partial charge in [-0.1, -0.05) is 0 Å². The molecular formula is C6H13NO5S. The molecule has 13 heavy (non-hydrogen) atoms. The number of methoxy groups -OCH3 is 1. The molecule has 6 nitrogen and oxygen atoms in total. The van der Waals surface area contributed by atoms with Crippen molar-refractivity contribution in [2.45, 2.75) is 18.6 Å². The first-order valence-electron chi connectivity index (χ1n) is 3.88. The Labute approximate surface area is 77.0 Å². The number of hydrogen-bond acceptors (Lipinski definition) is 4. The number of aliphatic hydroxyl groups is 1. The molecule has 1 aliphatic heterocycles. The van der Waals surface area contributed by atoms with Crippen molar-refractivity contribution < 1.29 is 22.8 Å². The first-order chi connectivity index (χ1) is 5.95. The van der Waals surface area contributed by atoms with Crippen molar-refractivity contribution in [3.8, 4) is 0 Å². The summed E-state index contributed by atoms with van der Waals surface area (Å²) >= 11 is 0. The number of nitrogens with zero attached hydrogens (tertiary/aromatic N) is 1. The molecule has 0 spiro atoms. The molecule has 1 rings (SSSR count). The molecule has 0 radical (unpaired) electrons. The smallest absolute Gasteiger partial charge is 0.335 e. The molecule has 0 saturated carbocycles. The molecule has 0 unspecified atom stereocenters. The molecule has 1 saturated heterocycles. The van der Waals surface area contributed by atoms with E-state index in [2.05, 4.69) is 0 Å². The van der Waals surface area contributed by atoms with E-state index in [9.17, 15) is 13.5 Å². The largest absolute Gasteiger partial charge is 0.390 e. The summed E-state index contributed by atoms with van der Waals surface area (Å²) in [6.07, 6.45) is -0.947. The van der Waals surface area contributed by atoms with Crippen molar-refractivity contribution in [3.05, 3.63) is 0 Å². The fourth-order valence-corrected chi connectivity index (χ4v) is 1.99. The van der Waals surface area contributed by atoms with Gasteiger partial charge in [0, 0.05) is 20.2 Å². The van der Waals surface area contributed by atoms with Crippen molar-refractivity contribution in [2.24, 2.45) is 0 Å². The molecular weight excluding hydrogens is 198 g/mol. The molecule has 0 aromatic carbocycles. The van der Waals surface area contributed by atoms with Gasteiger partial charge < -0.3 is 9.84 Å². The fraction of sp³-hybridized carbons (Fsp3) is 1.00. The third kappa shape index (κ3) is 2.61. The fourth-order valence-electron chi connectivity index (χ4n) is 1.32. The Bertz CT molecular complexity index is 264. The van der Waals surface area contributed by atoms with Crippen molar-refractivity contribution >= 4 is 10.3 Å². The average Bonchev–Trinajstić information content (AvgIpc) is 2.03. The summed E-state index contributed by atoms with van der Waals surface area (Å²) in [6, 6.07) is 0. The Morgan fingerprint density at radius 3 is 2.62 bits per heavy atom. The van der Waals surface area contributed by atoms with E-state index >= 15 is 0 Å². The van der Waals surface area contributed by atoms with Crippen molar-refractivity contribution in [1.82, 2.24) is 4.31 Å². The molecule has 0 aromatic rings. The molecule has 0 aromatic heterocycles. The lowest BCUT2D eigenvalue weighted by atomic mass is 10.1. The van der Waals surface area contributed by atoms with Crippen LogP contribution in [0, 0.1) is 0 Å². The van der Waals surface area contributed by atoms with Crippen LogP contribution in [-0.2, 0) is 15.0 Å². The minimum atomic E-state index is -4.15. The maximum absolute atomic E-state index is 10.7. The van der Waals surface area contributed by atoms with Gasteiger partial charge in [0.2, 0.25) is 0 Å². The van der Waals surface area contributed by atoms with Crippen LogP contribution >= 0.6 is 0 Å². The highest BCUT2D eigenvalue weighted by atomic mass is 32.2. The highest BCUT2D eigenvalue weighted by molar-refractivity contribution is 7.83. The molecule has 2 atom stereocenters. The van der Waals surface area contributed by atoms with Crippen LogP contribution in [-0.4, -0.2) is 54.8 Å². The SMILES string of the molecule is CO[C@H]1CN(S(=O)(=O)O)CC[C@@H]1O. The maximum atomic E-state index is 10.7. The summed E-state index contributed by atoms with van der Waals surface area (Å²) in [7, 11) is -2.76. The zero-order valence-corrected chi connectivity index (χ0v) is 8.07. The summed E-state index contributed by atoms with van der Waals surface area (Å²) in [5, 5.41) is 9.32. The van der Waals surface area contributed by atoms with Gasteiger partial charge in [0.1, 0.15) is 0 Å². The maximum Gasteiger partial charge on any atom is 0.335 e. The highest BCUT2D eigenvalue weighted by Crippen LogP contribution is 2.15. The Balaban J connectivity index is 2.65. The minimum Gasteiger partial charge on any atom is -0.390 e. The summed E-state index contributed by atoms with van der Waals surface area (Å²) in [6.45, 7) is 0.121. The molecule has 0 aliphatic carbocycles. The van der Waals surface area contributed by atoms with Crippen LogP contribution in [0.15, 0.2) is 0 Å². The summed E-state index contributed by atoms with van der Waals surface area (Å²) in [5.41, 5.74) is 0. The van der Waals surface area contributed by atoms with Gasteiger partial charge in [-0.3, -0.25) is 4.55 Å². The zero-order chi connectivity index (χ0) is 10.1. The second-order valence-electron chi connectivity index (χ2n) is 2.97. The van der Waals surface area contributed by atoms with E-state index in [1.807, 2.05) is 0 Å². The van der Waals surface area contributed by atoms with E-state index in [0.717, 1.165) is 4.31 Å². The monoisotopic (exact) mass is 211 g/mol. The van der Waals surface area contributed by atoms with Crippen LogP contribution in [0.3, 0.4) is 0 Å². The van der Waals surface area contributed by atoms with Gasteiger partial charge >= 0.3 is 10.3 Å². The van der Waals surface area contributed by atoms with Crippen molar-refractivity contribution in [2.75, 3.05) is 20.2 Å². The Hall–Kier alpha value is -0.210. The quantitative estimate of drug-likeness (QED) is 0.564. The molecule has 1 heterocycles. The minimum absolute atomic E-state index is 0.00347. The van der Waals surface area contributed by atoms with Crippen molar-refractivity contribution in [3.63, 3.8) is 0 Å². The van der Waals surface area contributed by atoms with E-state index in [1.54, 1.807) is 0 Å². The topological polar surface area (TPSA) is 87.1 Å². The van der Waals surface area contributed by atoms with Gasteiger partial charge in [0.05, 0.1) is 12.2 Å². The predicted molar refractivity (Wildman–Crippen MR) is 44.5 cm³/mol. The van der Waals surface area contributed by atoms with Crippen LogP contribution < -0.4 is 0 Å². The summed E-state index contributed by atoms with van der Waals surface area (Å²) in [5.74, 6) is 0. The van der Waals surface area contributed by atoms with Crippen molar-refractivity contribution in [1.29, 1.82) is 0 Å². The Morgan fingerprint density at radius 2 is 2.15 bits per heavy atom. The number of hydrogen-bond donors (Lipinski definition) is 2. The van der Waals surface area contributed by atoms with Crippen LogP contribution in [0.1, 0.15) is 6.42 Å². The summed E-state index contributed by atoms with van der Waals surface area (Å²) < 4.78 is 35.8. The lowest BCUT2D eigenvalue weighted by molar-refractivity contribution is -0.0456. The summed E-state index contributed by atoms with van der Waals surface area (Å²) in [4.78, 5) is 0. The molecule has 0 bridgehead atoms. The van der Waals surface area contributed by atoms with Gasteiger partial charge in [-0.15, -0.1) is 0 Å². The van der Waals surface area contributed by atoms with E-state index in [0.29, 0.717) is 0 Å². The number of aliphatic hydroxyl groups excluding tert-OH is 1. The Kier molecular flexibility index (Phi) is 3.25. The molecule has 0 amide bonds.